The van der Waals surface area contributed by atoms with Gasteiger partial charge in [-0.15, -0.1) is 0 Å². The summed E-state index contributed by atoms with van der Waals surface area (Å²) < 4.78 is 16.1. The highest BCUT2D eigenvalue weighted by Gasteiger charge is 2.54. The molecule has 2 aromatic rings. The highest BCUT2D eigenvalue weighted by molar-refractivity contribution is 7.31. The first-order valence-corrected chi connectivity index (χ1v) is 7.48. The number of nitrogens with zero attached hydrogens (tertiary/aromatic N) is 4. The summed E-state index contributed by atoms with van der Waals surface area (Å²) >= 11 is 0. The third kappa shape index (κ3) is 2.17. The van der Waals surface area contributed by atoms with E-state index in [-0.39, 0.29) is 18.4 Å². The quantitative estimate of drug-likeness (QED) is 0.555. The van der Waals surface area contributed by atoms with E-state index in [1.807, 2.05) is 0 Å². The Labute approximate surface area is 120 Å². The van der Waals surface area contributed by atoms with Crippen LogP contribution in [-0.4, -0.2) is 58.7 Å². The lowest BCUT2D eigenvalue weighted by atomic mass is 10.0. The van der Waals surface area contributed by atoms with Crippen molar-refractivity contribution in [3.8, 4) is 0 Å². The summed E-state index contributed by atoms with van der Waals surface area (Å²) in [5.74, 6) is 0.190. The summed E-state index contributed by atoms with van der Waals surface area (Å²) in [5, 5.41) is 20.0. The molecule has 0 bridgehead atoms. The number of hydrogen-bond donors (Lipinski definition) is 4. The zero-order valence-corrected chi connectivity index (χ0v) is 11.9. The zero-order valence-electron chi connectivity index (χ0n) is 10.9. The van der Waals surface area contributed by atoms with E-state index in [1.54, 1.807) is 0 Å². The maximum absolute atomic E-state index is 14.6. The van der Waals surface area contributed by atoms with Gasteiger partial charge in [-0.25, -0.2) is 19.3 Å². The predicted molar refractivity (Wildman–Crippen MR) is 74.6 cm³/mol. The van der Waals surface area contributed by atoms with Gasteiger partial charge in [0.1, 0.15) is 29.7 Å². The Bertz CT molecular complexity index is 670. The molecule has 1 saturated carbocycles. The van der Waals surface area contributed by atoms with Crippen LogP contribution in [0.25, 0.3) is 11.2 Å². The standard InChI is InChI=1S/C11H15FN5O3P/c12-11(2-21-20)1-5(7(18)8(11)19)17-4-16-6-9(13)14-3-15-10(6)17/h3-5,7-8,18-21H,1-2H2,(H2,13,14,15). The van der Waals surface area contributed by atoms with Gasteiger partial charge in [0.25, 0.3) is 0 Å². The van der Waals surface area contributed by atoms with Crippen LogP contribution < -0.4 is 5.73 Å². The van der Waals surface area contributed by atoms with Crippen molar-refractivity contribution >= 4 is 25.8 Å². The van der Waals surface area contributed by atoms with Crippen LogP contribution in [0.1, 0.15) is 12.5 Å². The minimum absolute atomic E-state index is 0.141. The van der Waals surface area contributed by atoms with Gasteiger partial charge < -0.3 is 25.4 Å². The van der Waals surface area contributed by atoms with E-state index in [9.17, 15) is 14.6 Å². The van der Waals surface area contributed by atoms with Gasteiger partial charge in [0, 0.05) is 21.4 Å². The molecule has 5 atom stereocenters. The summed E-state index contributed by atoms with van der Waals surface area (Å²) in [7, 11) is -0.644. The lowest BCUT2D eigenvalue weighted by Crippen LogP contribution is -2.40. The number of nitrogen functional groups attached to an aromatic ring is 1. The van der Waals surface area contributed by atoms with Crippen molar-refractivity contribution in [3.05, 3.63) is 12.7 Å². The fraction of sp³-hybridized carbons (Fsp3) is 0.545. The molecule has 2 heterocycles. The number of alkyl halides is 1. The topological polar surface area (TPSA) is 130 Å². The largest absolute Gasteiger partial charge is 0.388 e. The van der Waals surface area contributed by atoms with Crippen molar-refractivity contribution in [2.45, 2.75) is 30.3 Å². The summed E-state index contributed by atoms with van der Waals surface area (Å²) in [6, 6.07) is -0.736. The van der Waals surface area contributed by atoms with E-state index >= 15 is 0 Å². The molecule has 0 aliphatic heterocycles. The molecule has 21 heavy (non-hydrogen) atoms. The monoisotopic (exact) mass is 315 g/mol. The van der Waals surface area contributed by atoms with Crippen LogP contribution in [-0.2, 0) is 0 Å². The fourth-order valence-corrected chi connectivity index (χ4v) is 3.41. The van der Waals surface area contributed by atoms with Crippen LogP contribution in [0, 0.1) is 0 Å². The Balaban J connectivity index is 2.02. The van der Waals surface area contributed by atoms with Gasteiger partial charge in [-0.3, -0.25) is 0 Å². The van der Waals surface area contributed by atoms with E-state index in [1.165, 1.54) is 17.2 Å². The van der Waals surface area contributed by atoms with Gasteiger partial charge >= 0.3 is 0 Å². The molecule has 0 radical (unpaired) electrons. The average molecular weight is 315 g/mol. The number of fused-ring (bicyclic) bond motifs is 1. The van der Waals surface area contributed by atoms with Crippen molar-refractivity contribution in [1.29, 1.82) is 0 Å². The molecule has 1 aliphatic rings. The molecule has 3 rings (SSSR count). The Morgan fingerprint density at radius 3 is 2.90 bits per heavy atom. The van der Waals surface area contributed by atoms with Crippen molar-refractivity contribution in [2.24, 2.45) is 0 Å². The first kappa shape index (κ1) is 14.5. The molecule has 0 saturated heterocycles. The number of aliphatic hydroxyl groups excluding tert-OH is 2. The Morgan fingerprint density at radius 2 is 2.19 bits per heavy atom. The molecule has 10 heteroatoms. The van der Waals surface area contributed by atoms with Crippen LogP contribution in [0.3, 0.4) is 0 Å². The first-order chi connectivity index (χ1) is 9.98. The van der Waals surface area contributed by atoms with Gasteiger partial charge in [-0.1, -0.05) is 0 Å². The molecular weight excluding hydrogens is 300 g/mol. The second-order valence-electron chi connectivity index (χ2n) is 5.16. The Kier molecular flexibility index (Phi) is 3.53. The van der Waals surface area contributed by atoms with Gasteiger partial charge in [0.05, 0.1) is 12.4 Å². The summed E-state index contributed by atoms with van der Waals surface area (Å²) in [5.41, 5.74) is 4.38. The van der Waals surface area contributed by atoms with E-state index < -0.39 is 32.7 Å². The van der Waals surface area contributed by atoms with E-state index in [4.69, 9.17) is 10.6 Å². The van der Waals surface area contributed by atoms with Crippen LogP contribution in [0.15, 0.2) is 12.7 Å². The molecule has 0 aromatic carbocycles. The van der Waals surface area contributed by atoms with Gasteiger partial charge in [-0.05, 0) is 0 Å². The van der Waals surface area contributed by atoms with Crippen LogP contribution >= 0.6 is 8.81 Å². The number of hydrogen-bond acceptors (Lipinski definition) is 7. The maximum Gasteiger partial charge on any atom is 0.165 e. The average Bonchev–Trinajstić information content (AvgIpc) is 2.96. The lowest BCUT2D eigenvalue weighted by Gasteiger charge is -2.22. The number of aromatic nitrogens is 4. The first-order valence-electron chi connectivity index (χ1n) is 6.33. The zero-order chi connectivity index (χ0) is 15.2. The second kappa shape index (κ2) is 5.10. The van der Waals surface area contributed by atoms with Crippen molar-refractivity contribution in [1.82, 2.24) is 19.5 Å². The lowest BCUT2D eigenvalue weighted by molar-refractivity contribution is -0.0341. The van der Waals surface area contributed by atoms with E-state index in [0.717, 1.165) is 0 Å². The van der Waals surface area contributed by atoms with Crippen molar-refractivity contribution in [2.75, 3.05) is 11.9 Å². The minimum Gasteiger partial charge on any atom is -0.388 e. The summed E-state index contributed by atoms with van der Waals surface area (Å²) in [4.78, 5) is 20.9. The third-order valence-electron chi connectivity index (χ3n) is 3.91. The number of anilines is 1. The number of halogens is 1. The van der Waals surface area contributed by atoms with E-state index in [0.29, 0.717) is 11.2 Å². The van der Waals surface area contributed by atoms with Crippen LogP contribution in [0.2, 0.25) is 0 Å². The molecule has 5 unspecified atom stereocenters. The van der Waals surface area contributed by atoms with Gasteiger partial charge in [-0.2, -0.15) is 0 Å². The summed E-state index contributed by atoms with van der Waals surface area (Å²) in [6.07, 6.45) is -0.600. The number of nitrogens with two attached hydrogens (primary N) is 1. The molecule has 1 fully saturated rings. The highest BCUT2D eigenvalue weighted by Crippen LogP contribution is 2.44. The van der Waals surface area contributed by atoms with Crippen LogP contribution in [0.4, 0.5) is 10.2 Å². The number of imidazole rings is 1. The minimum atomic E-state index is -2.04. The van der Waals surface area contributed by atoms with Gasteiger partial charge in [0.15, 0.2) is 11.5 Å². The molecule has 5 N–H and O–H groups in total. The number of rotatable bonds is 3. The smallest absolute Gasteiger partial charge is 0.165 e. The van der Waals surface area contributed by atoms with E-state index in [2.05, 4.69) is 15.0 Å². The van der Waals surface area contributed by atoms with Gasteiger partial charge in [0.2, 0.25) is 0 Å². The fourth-order valence-electron chi connectivity index (χ4n) is 2.79. The van der Waals surface area contributed by atoms with Crippen molar-refractivity contribution in [3.63, 3.8) is 0 Å². The predicted octanol–water partition coefficient (Wildman–Crippen LogP) is -0.631. The normalized spacial score (nSPS) is 33.4. The molecule has 1 aliphatic carbocycles. The molecule has 0 amide bonds. The Morgan fingerprint density at radius 1 is 1.43 bits per heavy atom. The second-order valence-corrected chi connectivity index (χ2v) is 5.83. The maximum atomic E-state index is 14.6. The highest BCUT2D eigenvalue weighted by atomic mass is 31.1. The molecule has 8 nitrogen and oxygen atoms in total. The summed E-state index contributed by atoms with van der Waals surface area (Å²) in [6.45, 7) is 0. The number of aliphatic hydroxyl groups is 2. The molecule has 0 spiro atoms. The molecule has 2 aromatic heterocycles. The molecular formula is C11H15FN5O3P. The molecule has 114 valence electrons. The van der Waals surface area contributed by atoms with Crippen LogP contribution in [0.5, 0.6) is 0 Å². The third-order valence-corrected chi connectivity index (χ3v) is 4.66. The Hall–Kier alpha value is -1.41. The van der Waals surface area contributed by atoms with Crippen molar-refractivity contribution < 1.29 is 19.5 Å². The SMILES string of the molecule is Nc1ncnc2c1ncn2C1CC(F)(CPO)C(O)C1O.